The molecule has 0 saturated carbocycles. The van der Waals surface area contributed by atoms with Crippen molar-refractivity contribution < 1.29 is 33.5 Å². The molecular weight excluding hydrogens is 287 g/mol. The molecule has 7 nitrogen and oxygen atoms in total. The van der Waals surface area contributed by atoms with Gasteiger partial charge in [0.2, 0.25) is 0 Å². The molecule has 0 aliphatic carbocycles. The molecular formula is C12H21O7P. The van der Waals surface area contributed by atoms with Crippen LogP contribution in [0.25, 0.3) is 0 Å². The molecule has 0 aromatic carbocycles. The van der Waals surface area contributed by atoms with Crippen LogP contribution in [0.1, 0.15) is 26.2 Å². The van der Waals surface area contributed by atoms with E-state index in [1.165, 1.54) is 0 Å². The number of hydrogen-bond donors (Lipinski definition) is 3. The lowest BCUT2D eigenvalue weighted by atomic mass is 10.3. The Morgan fingerprint density at radius 2 is 1.85 bits per heavy atom. The molecule has 0 aliphatic rings. The Bertz CT molecular complexity index is 372. The van der Waals surface area contributed by atoms with Crippen molar-refractivity contribution >= 4 is 13.8 Å². The van der Waals surface area contributed by atoms with Gasteiger partial charge < -0.3 is 19.6 Å². The van der Waals surface area contributed by atoms with Gasteiger partial charge in [0.05, 0.1) is 13.0 Å². The normalized spacial score (nSPS) is 14.0. The predicted octanol–water partition coefficient (Wildman–Crippen LogP) is 1.30. The average molecular weight is 308 g/mol. The summed E-state index contributed by atoms with van der Waals surface area (Å²) >= 11 is 0. The number of phosphoric ester groups is 1. The molecule has 20 heavy (non-hydrogen) atoms. The van der Waals surface area contributed by atoms with Gasteiger partial charge in [0.15, 0.2) is 0 Å². The van der Waals surface area contributed by atoms with Gasteiger partial charge in [-0.05, 0) is 12.8 Å². The number of phosphoric acid groups is 1. The molecule has 1 unspecified atom stereocenters. The van der Waals surface area contributed by atoms with Crippen LogP contribution >= 0.6 is 7.82 Å². The number of carbonyl (C=O) groups is 1. The molecule has 0 spiro atoms. The van der Waals surface area contributed by atoms with Crippen molar-refractivity contribution in [1.82, 2.24) is 0 Å². The van der Waals surface area contributed by atoms with Crippen LogP contribution in [0, 0.1) is 0 Å². The second-order valence-corrected chi connectivity index (χ2v) is 5.15. The lowest BCUT2D eigenvalue weighted by Gasteiger charge is -2.11. The highest BCUT2D eigenvalue weighted by Crippen LogP contribution is 2.35. The van der Waals surface area contributed by atoms with Crippen LogP contribution in [0.3, 0.4) is 0 Å². The van der Waals surface area contributed by atoms with Crippen LogP contribution in [0.5, 0.6) is 0 Å². The fourth-order valence-corrected chi connectivity index (χ4v) is 1.46. The maximum absolute atomic E-state index is 11.2. The Morgan fingerprint density at radius 3 is 2.45 bits per heavy atom. The zero-order valence-electron chi connectivity index (χ0n) is 11.3. The summed E-state index contributed by atoms with van der Waals surface area (Å²) in [6.45, 7) is 1.05. The van der Waals surface area contributed by atoms with Crippen molar-refractivity contribution in [3.05, 3.63) is 24.3 Å². The number of esters is 1. The first kappa shape index (κ1) is 19.0. The first-order chi connectivity index (χ1) is 9.35. The Balaban J connectivity index is 3.71. The number of rotatable bonds is 10. The van der Waals surface area contributed by atoms with Crippen LogP contribution in [0.4, 0.5) is 0 Å². The Hall–Kier alpha value is -0.980. The molecule has 3 N–H and O–H groups in total. The third-order valence-corrected chi connectivity index (χ3v) is 2.48. The van der Waals surface area contributed by atoms with Crippen molar-refractivity contribution in [1.29, 1.82) is 0 Å². The van der Waals surface area contributed by atoms with E-state index in [-0.39, 0.29) is 13.0 Å². The maximum atomic E-state index is 11.2. The first-order valence-electron chi connectivity index (χ1n) is 6.19. The summed E-state index contributed by atoms with van der Waals surface area (Å²) < 4.78 is 19.1. The van der Waals surface area contributed by atoms with E-state index in [4.69, 9.17) is 14.5 Å². The third-order valence-electron chi connectivity index (χ3n) is 2.00. The topological polar surface area (TPSA) is 113 Å². The van der Waals surface area contributed by atoms with Crippen LogP contribution in [-0.2, 0) is 18.6 Å². The van der Waals surface area contributed by atoms with Gasteiger partial charge in [0.25, 0.3) is 0 Å². The minimum Gasteiger partial charge on any atom is -0.463 e. The second-order valence-electron chi connectivity index (χ2n) is 3.91. The standard InChI is InChI=1S/C12H21O7P/c1-2-3-4-5-6-7-8-12(14)18-9-11(13)10-19-20(15,16)17/h3-4,6-7,11,13H,2,5,8-10H2,1H3,(H2,15,16,17)/b4-3-,7-6-. The molecule has 0 saturated heterocycles. The highest BCUT2D eigenvalue weighted by Gasteiger charge is 2.17. The molecule has 0 bridgehead atoms. The van der Waals surface area contributed by atoms with Gasteiger partial charge in [0, 0.05) is 0 Å². The van der Waals surface area contributed by atoms with Crippen molar-refractivity contribution in [3.63, 3.8) is 0 Å². The van der Waals surface area contributed by atoms with Gasteiger partial charge in [0.1, 0.15) is 12.7 Å². The average Bonchev–Trinajstić information content (AvgIpc) is 2.37. The summed E-state index contributed by atoms with van der Waals surface area (Å²) in [5.41, 5.74) is 0. The molecule has 116 valence electrons. The molecule has 0 heterocycles. The molecule has 0 aliphatic heterocycles. The molecule has 0 aromatic heterocycles. The number of carbonyl (C=O) groups excluding carboxylic acids is 1. The quantitative estimate of drug-likeness (QED) is 0.317. The fraction of sp³-hybridized carbons (Fsp3) is 0.583. The minimum atomic E-state index is -4.62. The van der Waals surface area contributed by atoms with Crippen LogP contribution in [-0.4, -0.2) is 40.2 Å². The highest BCUT2D eigenvalue weighted by molar-refractivity contribution is 7.46. The molecule has 1 atom stereocenters. The van der Waals surface area contributed by atoms with Crippen LogP contribution < -0.4 is 0 Å². The molecule has 0 radical (unpaired) electrons. The number of hydrogen-bond acceptors (Lipinski definition) is 5. The van der Waals surface area contributed by atoms with Crippen molar-refractivity contribution in [2.45, 2.75) is 32.3 Å². The highest BCUT2D eigenvalue weighted by atomic mass is 31.2. The zero-order valence-corrected chi connectivity index (χ0v) is 12.2. The van der Waals surface area contributed by atoms with Gasteiger partial charge in [-0.25, -0.2) is 4.57 Å². The summed E-state index contributed by atoms with van der Waals surface area (Å²) in [6.07, 6.45) is 7.96. The van der Waals surface area contributed by atoms with Crippen molar-refractivity contribution in [2.75, 3.05) is 13.2 Å². The van der Waals surface area contributed by atoms with E-state index in [0.717, 1.165) is 12.8 Å². The van der Waals surface area contributed by atoms with E-state index in [1.54, 1.807) is 6.08 Å². The first-order valence-corrected chi connectivity index (χ1v) is 7.72. The summed E-state index contributed by atoms with van der Waals surface area (Å²) in [7, 11) is -4.62. The van der Waals surface area contributed by atoms with Crippen LogP contribution in [0.15, 0.2) is 24.3 Å². The molecule has 0 fully saturated rings. The van der Waals surface area contributed by atoms with E-state index in [2.05, 4.69) is 4.52 Å². The van der Waals surface area contributed by atoms with Gasteiger partial charge in [-0.15, -0.1) is 0 Å². The van der Waals surface area contributed by atoms with Crippen molar-refractivity contribution in [2.24, 2.45) is 0 Å². The Labute approximate surface area is 118 Å². The number of aliphatic hydroxyl groups excluding tert-OH is 1. The smallest absolute Gasteiger partial charge is 0.463 e. The SMILES string of the molecule is CC/C=C\C/C=C\CC(=O)OCC(O)COP(=O)(O)O. The Kier molecular flexibility index (Phi) is 10.2. The molecule has 8 heteroatoms. The van der Waals surface area contributed by atoms with E-state index in [0.29, 0.717) is 0 Å². The molecule has 0 aromatic rings. The van der Waals surface area contributed by atoms with E-state index in [1.807, 2.05) is 25.2 Å². The minimum absolute atomic E-state index is 0.0754. The number of aliphatic hydroxyl groups is 1. The maximum Gasteiger partial charge on any atom is 0.469 e. The van der Waals surface area contributed by atoms with Gasteiger partial charge in [-0.3, -0.25) is 9.32 Å². The van der Waals surface area contributed by atoms with Crippen molar-refractivity contribution in [3.8, 4) is 0 Å². The second kappa shape index (κ2) is 10.8. The largest absolute Gasteiger partial charge is 0.469 e. The van der Waals surface area contributed by atoms with E-state index < -0.39 is 26.5 Å². The van der Waals surface area contributed by atoms with Gasteiger partial charge in [-0.2, -0.15) is 0 Å². The van der Waals surface area contributed by atoms with E-state index in [9.17, 15) is 14.5 Å². The van der Waals surface area contributed by atoms with Crippen LogP contribution in [0.2, 0.25) is 0 Å². The summed E-state index contributed by atoms with van der Waals surface area (Å²) in [5.74, 6) is -0.532. The Morgan fingerprint density at radius 1 is 1.20 bits per heavy atom. The third kappa shape index (κ3) is 13.5. The zero-order chi connectivity index (χ0) is 15.4. The van der Waals surface area contributed by atoms with Gasteiger partial charge in [-0.1, -0.05) is 31.2 Å². The molecule has 0 amide bonds. The predicted molar refractivity (Wildman–Crippen MR) is 72.8 cm³/mol. The fourth-order valence-electron chi connectivity index (χ4n) is 1.10. The van der Waals surface area contributed by atoms with E-state index >= 15 is 0 Å². The number of ether oxygens (including phenoxy) is 1. The summed E-state index contributed by atoms with van der Waals surface area (Å²) in [5, 5.41) is 9.26. The monoisotopic (exact) mass is 308 g/mol. The summed E-state index contributed by atoms with van der Waals surface area (Å²) in [6, 6.07) is 0. The lowest BCUT2D eigenvalue weighted by molar-refractivity contribution is -0.146. The molecule has 0 rings (SSSR count). The number of allylic oxidation sites excluding steroid dienone is 3. The van der Waals surface area contributed by atoms with Gasteiger partial charge >= 0.3 is 13.8 Å². The summed E-state index contributed by atoms with van der Waals surface area (Å²) in [4.78, 5) is 28.0. The lowest BCUT2D eigenvalue weighted by Crippen LogP contribution is -2.23.